The lowest BCUT2D eigenvalue weighted by molar-refractivity contribution is -0.136. The Hall–Kier alpha value is -2.69. The van der Waals surface area contributed by atoms with Gasteiger partial charge in [-0.3, -0.25) is 9.59 Å². The fourth-order valence-corrected chi connectivity index (χ4v) is 3.08. The number of amides is 2. The van der Waals surface area contributed by atoms with E-state index in [1.54, 1.807) is 35.6 Å². The van der Waals surface area contributed by atoms with Gasteiger partial charge in [-0.15, -0.1) is 11.3 Å². The highest BCUT2D eigenvalue weighted by Crippen LogP contribution is 2.22. The maximum atomic E-state index is 12.0. The van der Waals surface area contributed by atoms with Gasteiger partial charge < -0.3 is 15.5 Å². The van der Waals surface area contributed by atoms with Crippen molar-refractivity contribution < 1.29 is 9.59 Å². The van der Waals surface area contributed by atoms with E-state index >= 15 is 0 Å². The first-order valence-electron chi connectivity index (χ1n) is 7.31. The number of nitriles is 1. The highest BCUT2D eigenvalue weighted by atomic mass is 32.1. The van der Waals surface area contributed by atoms with Gasteiger partial charge in [0, 0.05) is 11.4 Å². The third-order valence-electron chi connectivity index (χ3n) is 3.45. The minimum atomic E-state index is -0.790. The van der Waals surface area contributed by atoms with Gasteiger partial charge in [0.15, 0.2) is 0 Å². The summed E-state index contributed by atoms with van der Waals surface area (Å²) >= 11 is 1.60. The number of nitrogens with one attached hydrogen (secondary N) is 2. The van der Waals surface area contributed by atoms with E-state index in [0.717, 1.165) is 4.88 Å². The Labute approximate surface area is 144 Å². The quantitative estimate of drug-likeness (QED) is 0.814. The average molecular weight is 342 g/mol. The number of rotatable bonds is 5. The van der Waals surface area contributed by atoms with Crippen LogP contribution in [0, 0.1) is 11.3 Å². The topological polar surface area (TPSA) is 85.2 Å². The lowest BCUT2D eigenvalue weighted by atomic mass is 10.2. The van der Waals surface area contributed by atoms with Gasteiger partial charge in [0.25, 0.3) is 0 Å². The number of benzene rings is 1. The molecule has 2 aromatic rings. The minimum absolute atomic E-state index is 0.00635. The molecule has 1 aromatic carbocycles. The Morgan fingerprint density at radius 1 is 1.21 bits per heavy atom. The van der Waals surface area contributed by atoms with Gasteiger partial charge in [-0.05, 0) is 37.7 Å². The van der Waals surface area contributed by atoms with Crippen LogP contribution in [-0.4, -0.2) is 37.4 Å². The zero-order chi connectivity index (χ0) is 17.5. The minimum Gasteiger partial charge on any atom is -0.346 e. The monoisotopic (exact) mass is 342 g/mol. The smallest absolute Gasteiger partial charge is 0.313 e. The second-order valence-corrected chi connectivity index (χ2v) is 6.30. The molecule has 6 nitrogen and oxygen atoms in total. The molecule has 0 saturated heterocycles. The molecule has 2 N–H and O–H groups in total. The van der Waals surface area contributed by atoms with E-state index in [4.69, 9.17) is 5.26 Å². The molecule has 0 fully saturated rings. The molecule has 0 spiro atoms. The molecule has 0 saturated carbocycles. The predicted molar refractivity (Wildman–Crippen MR) is 93.5 cm³/mol. The molecule has 24 heavy (non-hydrogen) atoms. The van der Waals surface area contributed by atoms with Gasteiger partial charge in [0.1, 0.15) is 6.07 Å². The van der Waals surface area contributed by atoms with E-state index in [9.17, 15) is 9.59 Å². The lowest BCUT2D eigenvalue weighted by Crippen LogP contribution is -2.40. The molecule has 2 amide bonds. The van der Waals surface area contributed by atoms with Crippen molar-refractivity contribution in [2.45, 2.75) is 6.04 Å². The number of hydrogen-bond acceptors (Lipinski definition) is 5. The molecule has 0 aliphatic carbocycles. The van der Waals surface area contributed by atoms with Gasteiger partial charge in [-0.1, -0.05) is 18.2 Å². The molecule has 1 aromatic heterocycles. The maximum Gasteiger partial charge on any atom is 0.313 e. The molecule has 1 unspecified atom stereocenters. The fraction of sp³-hybridized carbons (Fsp3) is 0.235. The molecule has 124 valence electrons. The molecule has 0 radical (unpaired) electrons. The number of thiophene rings is 1. The Morgan fingerprint density at radius 3 is 2.58 bits per heavy atom. The van der Waals surface area contributed by atoms with Crippen molar-refractivity contribution in [2.75, 3.05) is 26.0 Å². The van der Waals surface area contributed by atoms with E-state index in [-0.39, 0.29) is 6.04 Å². The van der Waals surface area contributed by atoms with Gasteiger partial charge >= 0.3 is 11.8 Å². The third-order valence-corrected chi connectivity index (χ3v) is 4.43. The molecule has 0 aliphatic rings. The first kappa shape index (κ1) is 17.7. The SMILES string of the molecule is CN(C)C(CNC(=O)C(=O)Nc1ccccc1C#N)c1cccs1. The predicted octanol–water partition coefficient (Wildman–Crippen LogP) is 1.98. The standard InChI is InChI=1S/C17H18N4O2S/c1-21(2)14(15-8-5-9-24-15)11-19-16(22)17(23)20-13-7-4-3-6-12(13)10-18/h3-9,14H,11H2,1-2H3,(H,19,22)(H,20,23). The van der Waals surface area contributed by atoms with E-state index in [1.165, 1.54) is 0 Å². The van der Waals surface area contributed by atoms with E-state index < -0.39 is 11.8 Å². The highest BCUT2D eigenvalue weighted by molar-refractivity contribution is 7.10. The Balaban J connectivity index is 1.96. The Kier molecular flexibility index (Phi) is 6.07. The van der Waals surface area contributed by atoms with Crippen LogP contribution in [0.25, 0.3) is 0 Å². The van der Waals surface area contributed by atoms with Gasteiger partial charge in [-0.25, -0.2) is 0 Å². The summed E-state index contributed by atoms with van der Waals surface area (Å²) in [6.07, 6.45) is 0. The maximum absolute atomic E-state index is 12.0. The van der Waals surface area contributed by atoms with Crippen LogP contribution in [0.5, 0.6) is 0 Å². The molecular weight excluding hydrogens is 324 g/mol. The summed E-state index contributed by atoms with van der Waals surface area (Å²) in [6.45, 7) is 0.319. The zero-order valence-electron chi connectivity index (χ0n) is 13.4. The van der Waals surface area contributed by atoms with Crippen molar-refractivity contribution in [3.05, 3.63) is 52.2 Å². The van der Waals surface area contributed by atoms with E-state index in [0.29, 0.717) is 17.8 Å². The van der Waals surface area contributed by atoms with Gasteiger partial charge in [-0.2, -0.15) is 5.26 Å². The summed E-state index contributed by atoms with van der Waals surface area (Å²) in [7, 11) is 3.83. The van der Waals surface area contributed by atoms with Crippen molar-refractivity contribution in [1.29, 1.82) is 5.26 Å². The zero-order valence-corrected chi connectivity index (χ0v) is 14.3. The summed E-state index contributed by atoms with van der Waals surface area (Å²) in [6, 6.07) is 12.4. The van der Waals surface area contributed by atoms with Crippen LogP contribution in [0.4, 0.5) is 5.69 Å². The van der Waals surface area contributed by atoms with Crippen LogP contribution in [0.3, 0.4) is 0 Å². The van der Waals surface area contributed by atoms with Crippen LogP contribution in [0.1, 0.15) is 16.5 Å². The summed E-state index contributed by atoms with van der Waals surface area (Å²) in [5.41, 5.74) is 0.631. The van der Waals surface area contributed by atoms with Crippen LogP contribution >= 0.6 is 11.3 Å². The second-order valence-electron chi connectivity index (χ2n) is 5.32. The van der Waals surface area contributed by atoms with E-state index in [2.05, 4.69) is 10.6 Å². The van der Waals surface area contributed by atoms with Crippen LogP contribution in [0.2, 0.25) is 0 Å². The second kappa shape index (κ2) is 8.24. The van der Waals surface area contributed by atoms with Crippen molar-refractivity contribution in [2.24, 2.45) is 0 Å². The number of hydrogen-bond donors (Lipinski definition) is 2. The molecular formula is C17H18N4O2S. The molecule has 0 bridgehead atoms. The van der Waals surface area contributed by atoms with Crippen molar-refractivity contribution >= 4 is 28.8 Å². The molecule has 1 heterocycles. The van der Waals surface area contributed by atoms with Crippen molar-refractivity contribution in [3.63, 3.8) is 0 Å². The first-order chi connectivity index (χ1) is 11.5. The van der Waals surface area contributed by atoms with E-state index in [1.807, 2.05) is 42.6 Å². The summed E-state index contributed by atoms with van der Waals surface area (Å²) in [5.74, 6) is -1.52. The van der Waals surface area contributed by atoms with Gasteiger partial charge in [0.05, 0.1) is 17.3 Å². The van der Waals surface area contributed by atoms with Crippen LogP contribution in [0.15, 0.2) is 41.8 Å². The molecule has 1 atom stereocenters. The fourth-order valence-electron chi connectivity index (χ4n) is 2.16. The number of nitrogens with zero attached hydrogens (tertiary/aromatic N) is 2. The van der Waals surface area contributed by atoms with Gasteiger partial charge in [0.2, 0.25) is 0 Å². The largest absolute Gasteiger partial charge is 0.346 e. The normalized spacial score (nSPS) is 11.6. The molecule has 7 heteroatoms. The molecule has 0 aliphatic heterocycles. The Bertz CT molecular complexity index is 750. The first-order valence-corrected chi connectivity index (χ1v) is 8.19. The van der Waals surface area contributed by atoms with Crippen LogP contribution < -0.4 is 10.6 Å². The average Bonchev–Trinajstić information content (AvgIpc) is 3.09. The highest BCUT2D eigenvalue weighted by Gasteiger charge is 2.20. The summed E-state index contributed by atoms with van der Waals surface area (Å²) in [5, 5.41) is 16.1. The number of anilines is 1. The van der Waals surface area contributed by atoms with Crippen molar-refractivity contribution in [1.82, 2.24) is 10.2 Å². The van der Waals surface area contributed by atoms with Crippen molar-refractivity contribution in [3.8, 4) is 6.07 Å². The number of para-hydroxylation sites is 1. The number of carbonyl (C=O) groups excluding carboxylic acids is 2. The summed E-state index contributed by atoms with van der Waals surface area (Å²) < 4.78 is 0. The lowest BCUT2D eigenvalue weighted by Gasteiger charge is -2.23. The third kappa shape index (κ3) is 4.41. The van der Waals surface area contributed by atoms with Crippen LogP contribution in [-0.2, 0) is 9.59 Å². The number of likely N-dealkylation sites (N-methyl/N-ethyl adjacent to an activating group) is 1. The summed E-state index contributed by atoms with van der Waals surface area (Å²) in [4.78, 5) is 27.1. The molecule has 2 rings (SSSR count). The number of carbonyl (C=O) groups is 2. The Morgan fingerprint density at radius 2 is 1.96 bits per heavy atom.